The molecule has 0 atom stereocenters. The van der Waals surface area contributed by atoms with E-state index in [4.69, 9.17) is 11.6 Å². The van der Waals surface area contributed by atoms with Crippen molar-refractivity contribution in [1.29, 1.82) is 0 Å². The lowest BCUT2D eigenvalue weighted by molar-refractivity contribution is 0.628. The van der Waals surface area contributed by atoms with Crippen molar-refractivity contribution in [2.24, 2.45) is 0 Å². The van der Waals surface area contributed by atoms with Gasteiger partial charge in [0.2, 0.25) is 5.28 Å². The number of hydrogen-bond donors (Lipinski definition) is 1. The van der Waals surface area contributed by atoms with E-state index in [0.29, 0.717) is 28.2 Å². The first-order valence-electron chi connectivity index (χ1n) is 5.74. The van der Waals surface area contributed by atoms with Crippen molar-refractivity contribution in [2.45, 2.75) is 0 Å². The molecule has 4 aromatic rings. The number of aromatic amines is 1. The summed E-state index contributed by atoms with van der Waals surface area (Å²) >= 11 is 6.17. The molecule has 0 saturated heterocycles. The van der Waals surface area contributed by atoms with Crippen LogP contribution < -0.4 is 0 Å². The Hall–Kier alpha value is -2.54. The van der Waals surface area contributed by atoms with E-state index in [-0.39, 0.29) is 11.1 Å². The van der Waals surface area contributed by atoms with Crippen LogP contribution in [0.4, 0.5) is 4.39 Å². The summed E-state index contributed by atoms with van der Waals surface area (Å²) < 4.78 is 14.6. The van der Waals surface area contributed by atoms with E-state index in [0.717, 1.165) is 0 Å². The maximum Gasteiger partial charge on any atom is 0.212 e. The van der Waals surface area contributed by atoms with E-state index in [1.165, 1.54) is 18.5 Å². The number of rotatable bonds is 1. The second-order valence-corrected chi connectivity index (χ2v) is 4.51. The van der Waals surface area contributed by atoms with Crippen molar-refractivity contribution in [3.05, 3.63) is 41.7 Å². The molecule has 0 aliphatic rings. The molecule has 0 amide bonds. The number of fused-ring (bicyclic) bond motifs is 3. The first-order valence-corrected chi connectivity index (χ1v) is 6.11. The number of benzene rings is 1. The molecule has 0 spiro atoms. The quantitative estimate of drug-likeness (QED) is 0.546. The largest absolute Gasteiger partial charge is 0.329 e. The first-order chi connectivity index (χ1) is 9.74. The fraction of sp³-hybridized carbons (Fsp3) is 0. The minimum absolute atomic E-state index is 0.209. The van der Waals surface area contributed by atoms with E-state index < -0.39 is 0 Å². The molecule has 3 heterocycles. The van der Waals surface area contributed by atoms with E-state index in [1.807, 2.05) is 0 Å². The van der Waals surface area contributed by atoms with Crippen LogP contribution in [0.3, 0.4) is 0 Å². The van der Waals surface area contributed by atoms with Gasteiger partial charge in [0.05, 0.1) is 6.33 Å². The molecule has 1 aromatic carbocycles. The number of aromatic nitrogens is 6. The number of hydrogen-bond acceptors (Lipinski definition) is 4. The molecule has 0 saturated carbocycles. The van der Waals surface area contributed by atoms with E-state index in [2.05, 4.69) is 25.1 Å². The summed E-state index contributed by atoms with van der Waals surface area (Å²) in [5.74, 6) is 0.170. The van der Waals surface area contributed by atoms with Crippen molar-refractivity contribution in [2.75, 3.05) is 0 Å². The second kappa shape index (κ2) is 3.97. The average Bonchev–Trinajstić information content (AvgIpc) is 3.05. The molecule has 0 fully saturated rings. The van der Waals surface area contributed by atoms with Gasteiger partial charge in [-0.05, 0) is 35.9 Å². The van der Waals surface area contributed by atoms with Crippen molar-refractivity contribution < 1.29 is 4.39 Å². The molecule has 0 bridgehead atoms. The van der Waals surface area contributed by atoms with Gasteiger partial charge in [0, 0.05) is 5.56 Å². The number of imidazole rings is 1. The smallest absolute Gasteiger partial charge is 0.212 e. The highest BCUT2D eigenvalue weighted by Crippen LogP contribution is 2.25. The summed E-state index contributed by atoms with van der Waals surface area (Å²) in [5.41, 5.74) is 2.31. The highest BCUT2D eigenvalue weighted by atomic mass is 35.5. The lowest BCUT2D eigenvalue weighted by Crippen LogP contribution is -1.95. The molecule has 0 radical (unpaired) electrons. The van der Waals surface area contributed by atoms with Gasteiger partial charge >= 0.3 is 0 Å². The van der Waals surface area contributed by atoms with Gasteiger partial charge < -0.3 is 4.98 Å². The Morgan fingerprint density at radius 2 is 1.95 bits per heavy atom. The van der Waals surface area contributed by atoms with Crippen LogP contribution in [0.2, 0.25) is 5.28 Å². The summed E-state index contributed by atoms with van der Waals surface area (Å²) in [6.07, 6.45) is 1.51. The molecular formula is C12H6ClFN6. The Kier molecular flexibility index (Phi) is 2.25. The maximum atomic E-state index is 13.0. The third kappa shape index (κ3) is 1.50. The third-order valence-corrected chi connectivity index (χ3v) is 3.24. The topological polar surface area (TPSA) is 71.8 Å². The van der Waals surface area contributed by atoms with Crippen LogP contribution in [0.15, 0.2) is 30.6 Å². The maximum absolute atomic E-state index is 13.0. The van der Waals surface area contributed by atoms with Crippen molar-refractivity contribution in [3.63, 3.8) is 0 Å². The van der Waals surface area contributed by atoms with Gasteiger partial charge in [-0.3, -0.25) is 0 Å². The lowest BCUT2D eigenvalue weighted by Gasteiger charge is -2.02. The number of halogens is 2. The Labute approximate surface area is 116 Å². The molecule has 6 nitrogen and oxygen atoms in total. The Bertz CT molecular complexity index is 926. The van der Waals surface area contributed by atoms with Crippen LogP contribution in [0.1, 0.15) is 0 Å². The zero-order valence-corrected chi connectivity index (χ0v) is 10.6. The number of H-pyrrole nitrogens is 1. The zero-order valence-electron chi connectivity index (χ0n) is 9.88. The summed E-state index contributed by atoms with van der Waals surface area (Å²) in [4.78, 5) is 11.2. The van der Waals surface area contributed by atoms with Crippen molar-refractivity contribution >= 4 is 28.4 Å². The molecule has 0 unspecified atom stereocenters. The Morgan fingerprint density at radius 3 is 2.75 bits per heavy atom. The van der Waals surface area contributed by atoms with Gasteiger partial charge in [-0.1, -0.05) is 0 Å². The molecule has 0 aliphatic heterocycles. The molecule has 20 heavy (non-hydrogen) atoms. The summed E-state index contributed by atoms with van der Waals surface area (Å²) in [6.45, 7) is 0. The Balaban J connectivity index is 2.08. The van der Waals surface area contributed by atoms with Gasteiger partial charge in [-0.2, -0.15) is 4.98 Å². The second-order valence-electron chi connectivity index (χ2n) is 4.17. The van der Waals surface area contributed by atoms with Crippen LogP contribution in [0, 0.1) is 5.82 Å². The summed E-state index contributed by atoms with van der Waals surface area (Å²) in [5, 5.41) is 8.40. The minimum Gasteiger partial charge on any atom is -0.329 e. The zero-order chi connectivity index (χ0) is 13.7. The number of nitrogens with one attached hydrogen (secondary N) is 1. The molecule has 8 heteroatoms. The fourth-order valence-electron chi connectivity index (χ4n) is 2.08. The normalized spacial score (nSPS) is 11.5. The molecular weight excluding hydrogens is 283 g/mol. The summed E-state index contributed by atoms with van der Waals surface area (Å²) in [7, 11) is 0. The van der Waals surface area contributed by atoms with Crippen LogP contribution in [0.5, 0.6) is 0 Å². The number of nitrogens with zero attached hydrogens (tertiary/aromatic N) is 5. The summed E-state index contributed by atoms with van der Waals surface area (Å²) in [6, 6.07) is 5.92. The molecule has 0 aliphatic carbocycles. The third-order valence-electron chi connectivity index (χ3n) is 2.99. The van der Waals surface area contributed by atoms with Gasteiger partial charge in [0.1, 0.15) is 5.82 Å². The molecule has 98 valence electrons. The highest BCUT2D eigenvalue weighted by Gasteiger charge is 2.16. The molecule has 1 N–H and O–H groups in total. The van der Waals surface area contributed by atoms with Gasteiger partial charge in [0.25, 0.3) is 0 Å². The Morgan fingerprint density at radius 1 is 1.15 bits per heavy atom. The van der Waals surface area contributed by atoms with E-state index in [9.17, 15) is 4.39 Å². The first kappa shape index (κ1) is 11.3. The van der Waals surface area contributed by atoms with Crippen LogP contribution in [0.25, 0.3) is 28.2 Å². The monoisotopic (exact) mass is 288 g/mol. The van der Waals surface area contributed by atoms with Crippen molar-refractivity contribution in [1.82, 2.24) is 29.5 Å². The van der Waals surface area contributed by atoms with Crippen LogP contribution in [-0.2, 0) is 0 Å². The van der Waals surface area contributed by atoms with Crippen molar-refractivity contribution in [3.8, 4) is 11.4 Å². The highest BCUT2D eigenvalue weighted by molar-refractivity contribution is 6.29. The van der Waals surface area contributed by atoms with Gasteiger partial charge in [-0.15, -0.1) is 10.2 Å². The SMILES string of the molecule is Fc1ccc(-c2nnc3c4nc[nH]c4nc(Cl)n23)cc1. The van der Waals surface area contributed by atoms with E-state index in [1.54, 1.807) is 16.5 Å². The minimum atomic E-state index is -0.318. The standard InChI is InChI=1S/C12H6ClFN6/c13-12-17-9-8(15-5-16-9)11-19-18-10(20(11)12)6-1-3-7(14)4-2-6/h1-5H,(H,15,16). The average molecular weight is 289 g/mol. The van der Waals surface area contributed by atoms with Crippen LogP contribution in [-0.4, -0.2) is 29.5 Å². The predicted octanol–water partition coefficient (Wildman–Crippen LogP) is 2.46. The van der Waals surface area contributed by atoms with Crippen LogP contribution >= 0.6 is 11.6 Å². The van der Waals surface area contributed by atoms with Gasteiger partial charge in [0.15, 0.2) is 22.6 Å². The fourth-order valence-corrected chi connectivity index (χ4v) is 2.32. The van der Waals surface area contributed by atoms with E-state index >= 15 is 0 Å². The molecule has 3 aromatic heterocycles. The lowest BCUT2D eigenvalue weighted by atomic mass is 10.2. The predicted molar refractivity (Wildman–Crippen MR) is 70.8 cm³/mol. The van der Waals surface area contributed by atoms with Gasteiger partial charge in [-0.25, -0.2) is 13.8 Å². The molecule has 4 rings (SSSR count).